The van der Waals surface area contributed by atoms with Crippen molar-refractivity contribution in [3.63, 3.8) is 0 Å². The third-order valence-corrected chi connectivity index (χ3v) is 6.83. The van der Waals surface area contributed by atoms with Crippen molar-refractivity contribution in [3.05, 3.63) is 91.3 Å². The van der Waals surface area contributed by atoms with Crippen molar-refractivity contribution in [1.29, 1.82) is 0 Å². The molecule has 5 rings (SSSR count). The van der Waals surface area contributed by atoms with E-state index in [1.165, 1.54) is 42.5 Å². The monoisotopic (exact) mass is 511 g/mol. The highest BCUT2D eigenvalue weighted by Gasteiger charge is 2.24. The van der Waals surface area contributed by atoms with Gasteiger partial charge in [-0.3, -0.25) is 25.0 Å². The molecule has 5 aromatic rings. The third kappa shape index (κ3) is 4.34. The molecule has 14 heteroatoms. The van der Waals surface area contributed by atoms with Crippen molar-refractivity contribution >= 4 is 71.8 Å². The number of halogens is 1. The summed E-state index contributed by atoms with van der Waals surface area (Å²) in [5.41, 5.74) is 0.330. The molecule has 0 aliphatic rings. The fraction of sp³-hybridized carbons (Fsp3) is 0. The fourth-order valence-corrected chi connectivity index (χ4v) is 5.06. The van der Waals surface area contributed by atoms with Gasteiger partial charge in [0, 0.05) is 22.2 Å². The van der Waals surface area contributed by atoms with Crippen molar-refractivity contribution in [2.75, 3.05) is 5.01 Å². The predicted molar refractivity (Wildman–Crippen MR) is 128 cm³/mol. The highest BCUT2D eigenvalue weighted by Crippen LogP contribution is 2.34. The topological polar surface area (TPSA) is 145 Å². The van der Waals surface area contributed by atoms with E-state index in [-0.39, 0.29) is 21.5 Å². The molecule has 11 nitrogen and oxygen atoms in total. The molecule has 0 radical (unpaired) electrons. The first-order valence-electron chi connectivity index (χ1n) is 9.65. The number of hydrogen-bond acceptors (Lipinski definition) is 10. The molecule has 0 unspecified atom stereocenters. The highest BCUT2D eigenvalue weighted by molar-refractivity contribution is 7.23. The average molecular weight is 511 g/mol. The molecule has 1 amide bonds. The third-order valence-electron chi connectivity index (χ3n) is 4.73. The minimum Gasteiger partial charge on any atom is -0.400 e. The Morgan fingerprint density at radius 3 is 2.60 bits per heavy atom. The Morgan fingerprint density at radius 2 is 1.86 bits per heavy atom. The van der Waals surface area contributed by atoms with Gasteiger partial charge in [0.05, 0.1) is 32.3 Å². The summed E-state index contributed by atoms with van der Waals surface area (Å²) in [6.45, 7) is 0. The van der Waals surface area contributed by atoms with Crippen LogP contribution < -0.4 is 5.01 Å². The molecule has 0 aliphatic heterocycles. The number of amides is 1. The van der Waals surface area contributed by atoms with Crippen LogP contribution in [0.1, 0.15) is 15.4 Å². The number of benzene rings is 2. The van der Waals surface area contributed by atoms with Gasteiger partial charge in [-0.15, -0.1) is 11.3 Å². The number of hydrogen-bond donors (Lipinski definition) is 0. The minimum atomic E-state index is -0.710. The van der Waals surface area contributed by atoms with E-state index in [1.807, 2.05) is 0 Å². The van der Waals surface area contributed by atoms with Crippen LogP contribution in [0.25, 0.3) is 20.3 Å². The molecule has 0 spiro atoms. The number of carbonyl (C=O) groups is 1. The van der Waals surface area contributed by atoms with Gasteiger partial charge in [0.2, 0.25) is 5.13 Å². The summed E-state index contributed by atoms with van der Waals surface area (Å²) in [4.78, 5) is 38.7. The molecule has 0 fully saturated rings. The van der Waals surface area contributed by atoms with Crippen LogP contribution in [0.3, 0.4) is 0 Å². The standard InChI is InChI=1S/C21H10FN5O6S2/c22-12-1-4-15-17(9-12)35-21(24-15)25(23-10-14-3-6-19(33-14)27(31)32)20(28)18-8-11-7-13(26(29)30)2-5-16(11)34-18/h1-10H/b23-10+. The molecule has 2 aromatic carbocycles. The van der Waals surface area contributed by atoms with Gasteiger partial charge in [0.15, 0.2) is 5.76 Å². The molecule has 3 aromatic heterocycles. The van der Waals surface area contributed by atoms with Crippen molar-refractivity contribution in [2.24, 2.45) is 5.10 Å². The Bertz CT molecular complexity index is 1670. The lowest BCUT2D eigenvalue weighted by Crippen LogP contribution is -2.24. The molecule has 0 saturated carbocycles. The van der Waals surface area contributed by atoms with Crippen LogP contribution in [-0.2, 0) is 0 Å². The van der Waals surface area contributed by atoms with E-state index < -0.39 is 27.5 Å². The van der Waals surface area contributed by atoms with Gasteiger partial charge in [-0.05, 0) is 36.4 Å². The molecule has 0 bridgehead atoms. The van der Waals surface area contributed by atoms with Gasteiger partial charge in [-0.1, -0.05) is 11.3 Å². The summed E-state index contributed by atoms with van der Waals surface area (Å²) in [5.74, 6) is -1.55. The largest absolute Gasteiger partial charge is 0.433 e. The molecule has 0 N–H and O–H groups in total. The Morgan fingerprint density at radius 1 is 1.03 bits per heavy atom. The summed E-state index contributed by atoms with van der Waals surface area (Å²) in [6.07, 6.45) is 1.12. The number of aromatic nitrogens is 1. The number of carbonyl (C=O) groups excluding carboxylic acids is 1. The van der Waals surface area contributed by atoms with Gasteiger partial charge < -0.3 is 4.42 Å². The molecule has 0 aliphatic carbocycles. The maximum absolute atomic E-state index is 13.7. The molecule has 0 atom stereocenters. The van der Waals surface area contributed by atoms with E-state index in [0.29, 0.717) is 20.3 Å². The van der Waals surface area contributed by atoms with Crippen molar-refractivity contribution < 1.29 is 23.4 Å². The number of fused-ring (bicyclic) bond motifs is 2. The van der Waals surface area contributed by atoms with E-state index in [0.717, 1.165) is 40.0 Å². The number of nitro benzene ring substituents is 1. The highest BCUT2D eigenvalue weighted by atomic mass is 32.1. The second-order valence-electron chi connectivity index (χ2n) is 6.99. The Labute approximate surface area is 201 Å². The number of nitro groups is 2. The zero-order valence-electron chi connectivity index (χ0n) is 17.2. The lowest BCUT2D eigenvalue weighted by atomic mass is 10.2. The van der Waals surface area contributed by atoms with Crippen LogP contribution >= 0.6 is 22.7 Å². The number of hydrazone groups is 1. The summed E-state index contributed by atoms with van der Waals surface area (Å²) >= 11 is 2.12. The number of thiazole rings is 1. The van der Waals surface area contributed by atoms with Crippen LogP contribution in [0.5, 0.6) is 0 Å². The Balaban J connectivity index is 1.56. The molecule has 35 heavy (non-hydrogen) atoms. The van der Waals surface area contributed by atoms with Crippen LogP contribution in [0, 0.1) is 26.0 Å². The van der Waals surface area contributed by atoms with E-state index in [2.05, 4.69) is 10.1 Å². The number of thiophene rings is 1. The second kappa shape index (κ2) is 8.66. The van der Waals surface area contributed by atoms with Crippen LogP contribution in [-0.4, -0.2) is 27.0 Å². The maximum atomic E-state index is 13.7. The van der Waals surface area contributed by atoms with E-state index in [1.54, 1.807) is 6.07 Å². The van der Waals surface area contributed by atoms with Crippen LogP contribution in [0.2, 0.25) is 0 Å². The van der Waals surface area contributed by atoms with E-state index >= 15 is 0 Å². The first kappa shape index (κ1) is 22.2. The van der Waals surface area contributed by atoms with Crippen LogP contribution in [0.15, 0.2) is 64.1 Å². The molecular weight excluding hydrogens is 501 g/mol. The van der Waals surface area contributed by atoms with Crippen molar-refractivity contribution in [3.8, 4) is 0 Å². The number of rotatable bonds is 6. The maximum Gasteiger partial charge on any atom is 0.433 e. The van der Waals surface area contributed by atoms with Gasteiger partial charge in [-0.2, -0.15) is 10.1 Å². The number of non-ortho nitro benzene ring substituents is 1. The molecule has 174 valence electrons. The first-order chi connectivity index (χ1) is 16.8. The Kier molecular flexibility index (Phi) is 5.50. The summed E-state index contributed by atoms with van der Waals surface area (Å²) < 4.78 is 19.9. The summed E-state index contributed by atoms with van der Waals surface area (Å²) in [7, 11) is 0. The lowest BCUT2D eigenvalue weighted by Gasteiger charge is -2.12. The summed E-state index contributed by atoms with van der Waals surface area (Å²) in [6, 6.07) is 12.2. The SMILES string of the molecule is O=C(c1cc2cc([N+](=O)[O-])ccc2s1)N(/N=C/c1ccc([N+](=O)[O-])o1)c1nc2ccc(F)cc2s1. The molecule has 0 saturated heterocycles. The van der Waals surface area contributed by atoms with Crippen LogP contribution in [0.4, 0.5) is 21.1 Å². The second-order valence-corrected chi connectivity index (χ2v) is 9.09. The zero-order chi connectivity index (χ0) is 24.7. The van der Waals surface area contributed by atoms with Crippen molar-refractivity contribution in [2.45, 2.75) is 0 Å². The summed E-state index contributed by atoms with van der Waals surface area (Å²) in [5, 5.41) is 27.7. The predicted octanol–water partition coefficient (Wildman–Crippen LogP) is 5.74. The number of furan rings is 1. The molecule has 3 heterocycles. The number of nitrogens with zero attached hydrogens (tertiary/aromatic N) is 5. The molecular formula is C21H10FN5O6S2. The first-order valence-corrected chi connectivity index (χ1v) is 11.3. The normalized spacial score (nSPS) is 11.5. The minimum absolute atomic E-state index is 0.0219. The average Bonchev–Trinajstić information content (AvgIpc) is 3.56. The smallest absolute Gasteiger partial charge is 0.400 e. The van der Waals surface area contributed by atoms with Crippen molar-refractivity contribution in [1.82, 2.24) is 4.98 Å². The quantitative estimate of drug-likeness (QED) is 0.160. The number of anilines is 1. The lowest BCUT2D eigenvalue weighted by molar-refractivity contribution is -0.402. The van der Waals surface area contributed by atoms with Gasteiger partial charge in [-0.25, -0.2) is 9.37 Å². The van der Waals surface area contributed by atoms with E-state index in [9.17, 15) is 29.4 Å². The van der Waals surface area contributed by atoms with E-state index in [4.69, 9.17) is 4.42 Å². The zero-order valence-corrected chi connectivity index (χ0v) is 18.8. The van der Waals surface area contributed by atoms with Gasteiger partial charge in [0.1, 0.15) is 10.7 Å². The Hall–Kier alpha value is -4.56. The fourth-order valence-electron chi connectivity index (χ4n) is 3.14. The van der Waals surface area contributed by atoms with Gasteiger partial charge in [0.25, 0.3) is 11.6 Å². The van der Waals surface area contributed by atoms with Gasteiger partial charge >= 0.3 is 5.88 Å².